The molecule has 31 heavy (non-hydrogen) atoms. The molecule has 7 nitrogen and oxygen atoms in total. The van der Waals surface area contributed by atoms with Crippen LogP contribution in [0.4, 0.5) is 5.69 Å². The minimum absolute atomic E-state index is 0.165. The van der Waals surface area contributed by atoms with Gasteiger partial charge in [0.25, 0.3) is 5.91 Å². The molecule has 3 heterocycles. The van der Waals surface area contributed by atoms with Crippen LogP contribution < -0.4 is 10.2 Å². The zero-order valence-corrected chi connectivity index (χ0v) is 18.2. The number of hydrogen-bond acceptors (Lipinski definition) is 6. The summed E-state index contributed by atoms with van der Waals surface area (Å²) in [5.41, 5.74) is 5.10. The molecule has 5 rings (SSSR count). The highest BCUT2D eigenvalue weighted by molar-refractivity contribution is 8.18. The summed E-state index contributed by atoms with van der Waals surface area (Å²) in [4.78, 5) is 21.9. The summed E-state index contributed by atoms with van der Waals surface area (Å²) in [5.74, 6) is -0.223. The van der Waals surface area contributed by atoms with Crippen LogP contribution in [0.1, 0.15) is 12.5 Å². The number of imidazole rings is 1. The lowest BCUT2D eigenvalue weighted by molar-refractivity contribution is -0.115. The van der Waals surface area contributed by atoms with Gasteiger partial charge < -0.3 is 15.1 Å². The molecule has 0 spiro atoms. The molecule has 0 bridgehead atoms. The van der Waals surface area contributed by atoms with Crippen LogP contribution in [-0.2, 0) is 4.79 Å². The average Bonchev–Trinajstić information content (AvgIpc) is 3.36. The predicted molar refractivity (Wildman–Crippen MR) is 127 cm³/mol. The van der Waals surface area contributed by atoms with Crippen LogP contribution in [0.5, 0.6) is 0 Å². The quantitative estimate of drug-likeness (QED) is 0.619. The Hall–Kier alpha value is -3.10. The third kappa shape index (κ3) is 3.96. The van der Waals surface area contributed by atoms with E-state index in [1.54, 1.807) is 0 Å². The van der Waals surface area contributed by atoms with Crippen molar-refractivity contribution in [1.82, 2.24) is 19.8 Å². The second-order valence-electron chi connectivity index (χ2n) is 7.69. The highest BCUT2D eigenvalue weighted by Crippen LogP contribution is 2.27. The molecule has 2 fully saturated rings. The maximum Gasteiger partial charge on any atom is 0.264 e. The van der Waals surface area contributed by atoms with E-state index in [4.69, 9.17) is 5.41 Å². The van der Waals surface area contributed by atoms with Crippen molar-refractivity contribution in [3.8, 4) is 5.69 Å². The average molecular weight is 433 g/mol. The third-order valence-corrected chi connectivity index (χ3v) is 6.67. The maximum atomic E-state index is 11.9. The topological polar surface area (TPSA) is 77.2 Å². The molecule has 158 valence electrons. The second-order valence-corrected chi connectivity index (χ2v) is 8.75. The fraction of sp³-hybridized carbons (Fsp3) is 0.261. The van der Waals surface area contributed by atoms with E-state index in [1.807, 2.05) is 30.6 Å². The Labute approximate surface area is 185 Å². The van der Waals surface area contributed by atoms with Crippen molar-refractivity contribution < 1.29 is 4.79 Å². The number of piperazine rings is 1. The van der Waals surface area contributed by atoms with Crippen molar-refractivity contribution in [1.29, 1.82) is 5.41 Å². The first-order chi connectivity index (χ1) is 15.1. The van der Waals surface area contributed by atoms with Crippen LogP contribution in [0.15, 0.2) is 53.7 Å². The molecule has 2 aromatic carbocycles. The van der Waals surface area contributed by atoms with Gasteiger partial charge in [0, 0.05) is 37.6 Å². The zero-order valence-electron chi connectivity index (χ0n) is 17.3. The van der Waals surface area contributed by atoms with Crippen molar-refractivity contribution in [3.05, 3.63) is 59.3 Å². The first kappa shape index (κ1) is 19.8. The first-order valence-electron chi connectivity index (χ1n) is 10.4. The van der Waals surface area contributed by atoms with Crippen LogP contribution in [0.3, 0.4) is 0 Å². The lowest BCUT2D eigenvalue weighted by atomic mass is 10.1. The van der Waals surface area contributed by atoms with Gasteiger partial charge in [-0.25, -0.2) is 4.98 Å². The molecule has 1 amide bonds. The van der Waals surface area contributed by atoms with Gasteiger partial charge in [0.05, 0.1) is 15.9 Å². The van der Waals surface area contributed by atoms with E-state index < -0.39 is 0 Å². The van der Waals surface area contributed by atoms with Gasteiger partial charge in [-0.15, -0.1) is 0 Å². The first-order valence-corrected chi connectivity index (χ1v) is 11.3. The number of likely N-dealkylation sites (N-methyl/N-ethyl adjacent to an activating group) is 1. The Bertz CT molecular complexity index is 1170. The molecule has 0 saturated carbocycles. The maximum absolute atomic E-state index is 11.9. The number of fused-ring (bicyclic) bond motifs is 1. The number of rotatable bonds is 4. The number of nitrogens with one attached hydrogen (secondary N) is 2. The Morgan fingerprint density at radius 1 is 1.10 bits per heavy atom. The lowest BCUT2D eigenvalue weighted by Gasteiger charge is -2.35. The molecule has 0 unspecified atom stereocenters. The predicted octanol–water partition coefficient (Wildman–Crippen LogP) is 3.31. The summed E-state index contributed by atoms with van der Waals surface area (Å²) in [6, 6.07) is 14.6. The molecule has 3 aromatic rings. The molecule has 8 heteroatoms. The second kappa shape index (κ2) is 8.20. The van der Waals surface area contributed by atoms with E-state index in [9.17, 15) is 4.79 Å². The number of nitrogens with zero attached hydrogens (tertiary/aromatic N) is 4. The Balaban J connectivity index is 1.41. The molecule has 2 aliphatic rings. The van der Waals surface area contributed by atoms with Crippen LogP contribution >= 0.6 is 11.8 Å². The number of anilines is 1. The van der Waals surface area contributed by atoms with E-state index >= 15 is 0 Å². The molecular weight excluding hydrogens is 408 g/mol. The van der Waals surface area contributed by atoms with Crippen molar-refractivity contribution in [3.63, 3.8) is 0 Å². The molecule has 0 radical (unpaired) electrons. The molecule has 2 N–H and O–H groups in total. The fourth-order valence-electron chi connectivity index (χ4n) is 4.06. The van der Waals surface area contributed by atoms with Gasteiger partial charge in [-0.1, -0.05) is 13.0 Å². The number of benzene rings is 2. The summed E-state index contributed by atoms with van der Waals surface area (Å²) >= 11 is 1.15. The number of hydrogen-bond donors (Lipinski definition) is 2. The SMILES string of the molecule is CCN1CCN(c2ccc(-n3cnc4ccc(/C=C5\SC(=N)NC5=O)cc43)cc2)CC1. The number of amidine groups is 1. The van der Waals surface area contributed by atoms with E-state index in [1.165, 1.54) is 5.69 Å². The zero-order chi connectivity index (χ0) is 21.4. The number of amides is 1. The summed E-state index contributed by atoms with van der Waals surface area (Å²) in [5, 5.41) is 10.3. The van der Waals surface area contributed by atoms with Crippen LogP contribution in [0, 0.1) is 5.41 Å². The van der Waals surface area contributed by atoms with E-state index in [2.05, 4.69) is 55.9 Å². The lowest BCUT2D eigenvalue weighted by Crippen LogP contribution is -2.46. The van der Waals surface area contributed by atoms with E-state index in [0.717, 1.165) is 66.8 Å². The smallest absolute Gasteiger partial charge is 0.264 e. The van der Waals surface area contributed by atoms with E-state index in [0.29, 0.717) is 4.91 Å². The summed E-state index contributed by atoms with van der Waals surface area (Å²) in [6.45, 7) is 7.67. The van der Waals surface area contributed by atoms with Crippen molar-refractivity contribution in [2.24, 2.45) is 0 Å². The van der Waals surface area contributed by atoms with Gasteiger partial charge in [-0.3, -0.25) is 14.8 Å². The molecule has 1 aromatic heterocycles. The largest absolute Gasteiger partial charge is 0.369 e. The van der Waals surface area contributed by atoms with Crippen LogP contribution in [-0.4, -0.2) is 58.2 Å². The normalized spacial score (nSPS) is 18.9. The molecule has 2 saturated heterocycles. The number of carbonyl (C=O) groups excluding carboxylic acids is 1. The third-order valence-electron chi connectivity index (χ3n) is 5.84. The Morgan fingerprint density at radius 2 is 1.84 bits per heavy atom. The van der Waals surface area contributed by atoms with Gasteiger partial charge >= 0.3 is 0 Å². The van der Waals surface area contributed by atoms with Crippen molar-refractivity contribution >= 4 is 45.6 Å². The summed E-state index contributed by atoms with van der Waals surface area (Å²) in [7, 11) is 0. The minimum Gasteiger partial charge on any atom is -0.369 e. The number of aromatic nitrogens is 2. The summed E-state index contributed by atoms with van der Waals surface area (Å²) in [6.07, 6.45) is 3.65. The minimum atomic E-state index is -0.223. The van der Waals surface area contributed by atoms with Crippen LogP contribution in [0.2, 0.25) is 0 Å². The molecule has 0 atom stereocenters. The Kier molecular flexibility index (Phi) is 5.25. The fourth-order valence-corrected chi connectivity index (χ4v) is 4.76. The van der Waals surface area contributed by atoms with Crippen molar-refractivity contribution in [2.45, 2.75) is 6.92 Å². The summed E-state index contributed by atoms with van der Waals surface area (Å²) < 4.78 is 2.07. The number of carbonyl (C=O) groups is 1. The molecule has 2 aliphatic heterocycles. The van der Waals surface area contributed by atoms with Crippen molar-refractivity contribution in [2.75, 3.05) is 37.6 Å². The molecule has 0 aliphatic carbocycles. The monoisotopic (exact) mass is 432 g/mol. The van der Waals surface area contributed by atoms with Gasteiger partial charge in [0.2, 0.25) is 0 Å². The van der Waals surface area contributed by atoms with Gasteiger partial charge in [-0.2, -0.15) is 0 Å². The van der Waals surface area contributed by atoms with Gasteiger partial charge in [0.15, 0.2) is 5.17 Å². The van der Waals surface area contributed by atoms with Crippen LogP contribution in [0.25, 0.3) is 22.8 Å². The highest BCUT2D eigenvalue weighted by Gasteiger charge is 2.22. The van der Waals surface area contributed by atoms with Gasteiger partial charge in [0.1, 0.15) is 6.33 Å². The number of thioether (sulfide) groups is 1. The Morgan fingerprint density at radius 3 is 2.52 bits per heavy atom. The van der Waals surface area contributed by atoms with E-state index in [-0.39, 0.29) is 11.1 Å². The standard InChI is InChI=1S/C23H24N6OS/c1-2-27-9-11-28(12-10-27)17-4-6-18(7-5-17)29-15-25-19-8-3-16(13-20(19)29)14-21-22(30)26-23(24)31-21/h3-8,13-15H,2,9-12H2,1H3,(H2,24,26,30)/b21-14-. The van der Waals surface area contributed by atoms with Gasteiger partial charge in [-0.05, 0) is 66.3 Å². The molecular formula is C23H24N6OS. The highest BCUT2D eigenvalue weighted by atomic mass is 32.2.